The summed E-state index contributed by atoms with van der Waals surface area (Å²) in [6, 6.07) is 8.86. The summed E-state index contributed by atoms with van der Waals surface area (Å²) in [5, 5.41) is 5.02. The number of rotatable bonds is 3. The van der Waals surface area contributed by atoms with Crippen molar-refractivity contribution < 1.29 is 14.4 Å². The number of carbonyl (C=O) groups excluding carboxylic acids is 3. The molecule has 2 fully saturated rings. The summed E-state index contributed by atoms with van der Waals surface area (Å²) < 4.78 is 0. The standard InChI is InChI=1S/C18H24N4O3.ClH/c1-17(19,12-6-4-3-5-7-12)15(24)22-10-8-13(9-11-22)18(2)14(23)20-16(25)21-18;/h3-7,13H,8-11,19H2,1-2H3,(H2,20,21,23,25);1H. The Bertz CT molecular complexity index is 702. The van der Waals surface area contributed by atoms with Crippen molar-refractivity contribution in [2.24, 2.45) is 11.7 Å². The summed E-state index contributed by atoms with van der Waals surface area (Å²) in [6.07, 6.45) is 1.28. The highest BCUT2D eigenvalue weighted by molar-refractivity contribution is 6.07. The highest BCUT2D eigenvalue weighted by Crippen LogP contribution is 2.32. The van der Waals surface area contributed by atoms with Crippen LogP contribution < -0.4 is 16.4 Å². The fourth-order valence-corrected chi connectivity index (χ4v) is 3.74. The Balaban J connectivity index is 0.00000243. The number of carbonyl (C=O) groups is 3. The largest absolute Gasteiger partial charge is 0.341 e. The average molecular weight is 381 g/mol. The van der Waals surface area contributed by atoms with Crippen LogP contribution in [0.4, 0.5) is 4.79 Å². The second-order valence-corrected chi connectivity index (χ2v) is 7.25. The molecule has 0 spiro atoms. The van der Waals surface area contributed by atoms with Gasteiger partial charge in [-0.05, 0) is 38.2 Å². The third kappa shape index (κ3) is 3.41. The smallest absolute Gasteiger partial charge is 0.322 e. The van der Waals surface area contributed by atoms with Crippen molar-refractivity contribution in [1.82, 2.24) is 15.5 Å². The van der Waals surface area contributed by atoms with Gasteiger partial charge in [0.05, 0.1) is 0 Å². The first-order chi connectivity index (χ1) is 11.7. The molecule has 0 bridgehead atoms. The first-order valence-corrected chi connectivity index (χ1v) is 8.52. The van der Waals surface area contributed by atoms with Crippen LogP contribution in [0.25, 0.3) is 0 Å². The lowest BCUT2D eigenvalue weighted by molar-refractivity contribution is -0.139. The van der Waals surface area contributed by atoms with Gasteiger partial charge in [-0.25, -0.2) is 4.79 Å². The molecule has 2 atom stereocenters. The van der Waals surface area contributed by atoms with Crippen molar-refractivity contribution in [2.75, 3.05) is 13.1 Å². The number of nitrogens with zero attached hydrogens (tertiary/aromatic N) is 1. The maximum absolute atomic E-state index is 12.9. The molecule has 2 aliphatic heterocycles. The lowest BCUT2D eigenvalue weighted by Gasteiger charge is -2.41. The molecule has 0 aromatic heterocycles. The van der Waals surface area contributed by atoms with E-state index in [1.807, 2.05) is 30.3 Å². The van der Waals surface area contributed by atoms with Gasteiger partial charge in [0.15, 0.2) is 0 Å². The number of nitrogens with two attached hydrogens (primary N) is 1. The minimum atomic E-state index is -1.09. The number of halogens is 1. The maximum Gasteiger partial charge on any atom is 0.322 e. The fourth-order valence-electron chi connectivity index (χ4n) is 3.74. The quantitative estimate of drug-likeness (QED) is 0.683. The Hall–Kier alpha value is -2.12. The Morgan fingerprint density at radius 2 is 1.81 bits per heavy atom. The van der Waals surface area contributed by atoms with E-state index in [-0.39, 0.29) is 30.1 Å². The molecule has 1 aromatic rings. The SMILES string of the molecule is CC(N)(C(=O)N1CCC(C2(C)NC(=O)NC2=O)CC1)c1ccccc1.Cl. The van der Waals surface area contributed by atoms with Gasteiger partial charge in [0.25, 0.3) is 5.91 Å². The predicted octanol–water partition coefficient (Wildman–Crippen LogP) is 1.12. The van der Waals surface area contributed by atoms with Crippen molar-refractivity contribution in [3.8, 4) is 0 Å². The van der Waals surface area contributed by atoms with Crippen molar-refractivity contribution in [3.05, 3.63) is 35.9 Å². The van der Waals surface area contributed by atoms with Crippen LogP contribution in [0.3, 0.4) is 0 Å². The molecule has 3 rings (SSSR count). The summed E-state index contributed by atoms with van der Waals surface area (Å²) in [4.78, 5) is 38.2. The molecule has 4 N–H and O–H groups in total. The third-order valence-electron chi connectivity index (χ3n) is 5.49. The Morgan fingerprint density at radius 3 is 2.31 bits per heavy atom. The lowest BCUT2D eigenvalue weighted by atomic mass is 9.78. The number of amides is 4. The van der Waals surface area contributed by atoms with Crippen LogP contribution in [0, 0.1) is 5.92 Å². The van der Waals surface area contributed by atoms with Gasteiger partial charge >= 0.3 is 6.03 Å². The zero-order chi connectivity index (χ0) is 18.2. The molecule has 26 heavy (non-hydrogen) atoms. The first kappa shape index (κ1) is 20.2. The molecule has 2 saturated heterocycles. The van der Waals surface area contributed by atoms with Crippen LogP contribution in [0.1, 0.15) is 32.3 Å². The van der Waals surface area contributed by atoms with Crippen LogP contribution >= 0.6 is 12.4 Å². The summed E-state index contributed by atoms with van der Waals surface area (Å²) in [5.74, 6) is -0.429. The van der Waals surface area contributed by atoms with E-state index >= 15 is 0 Å². The van der Waals surface area contributed by atoms with Gasteiger partial charge in [-0.3, -0.25) is 14.9 Å². The van der Waals surface area contributed by atoms with Crippen LogP contribution in [-0.4, -0.2) is 41.4 Å². The topological polar surface area (TPSA) is 105 Å². The van der Waals surface area contributed by atoms with Crippen LogP contribution in [0.2, 0.25) is 0 Å². The van der Waals surface area contributed by atoms with E-state index < -0.39 is 17.1 Å². The normalized spacial score (nSPS) is 25.7. The van der Waals surface area contributed by atoms with Gasteiger partial charge in [-0.2, -0.15) is 0 Å². The Kier molecular flexibility index (Phi) is 5.63. The number of imide groups is 1. The zero-order valence-electron chi connectivity index (χ0n) is 15.0. The van der Waals surface area contributed by atoms with Crippen molar-refractivity contribution in [3.63, 3.8) is 0 Å². The third-order valence-corrected chi connectivity index (χ3v) is 5.49. The Labute approximate surface area is 159 Å². The number of urea groups is 1. The monoisotopic (exact) mass is 380 g/mol. The van der Waals surface area contributed by atoms with E-state index in [1.165, 1.54) is 0 Å². The van der Waals surface area contributed by atoms with Gasteiger partial charge in [0.2, 0.25) is 5.91 Å². The molecule has 2 aliphatic rings. The molecule has 0 saturated carbocycles. The van der Waals surface area contributed by atoms with Gasteiger partial charge in [-0.15, -0.1) is 12.4 Å². The van der Waals surface area contributed by atoms with Gasteiger partial charge < -0.3 is 16.0 Å². The second kappa shape index (κ2) is 7.25. The highest BCUT2D eigenvalue weighted by Gasteiger charge is 2.49. The van der Waals surface area contributed by atoms with Gasteiger partial charge in [-0.1, -0.05) is 30.3 Å². The predicted molar refractivity (Wildman–Crippen MR) is 99.6 cm³/mol. The number of hydrogen-bond donors (Lipinski definition) is 3. The molecule has 4 amide bonds. The first-order valence-electron chi connectivity index (χ1n) is 8.52. The number of nitrogens with one attached hydrogen (secondary N) is 2. The molecular weight excluding hydrogens is 356 g/mol. The summed E-state index contributed by atoms with van der Waals surface area (Å²) in [7, 11) is 0. The fraction of sp³-hybridized carbons (Fsp3) is 0.500. The molecule has 2 unspecified atom stereocenters. The highest BCUT2D eigenvalue weighted by atomic mass is 35.5. The molecule has 1 aromatic carbocycles. The van der Waals surface area contributed by atoms with Gasteiger partial charge in [0.1, 0.15) is 11.1 Å². The van der Waals surface area contributed by atoms with Crippen molar-refractivity contribution in [2.45, 2.75) is 37.8 Å². The lowest BCUT2D eigenvalue weighted by Crippen LogP contribution is -2.57. The summed E-state index contributed by atoms with van der Waals surface area (Å²) in [5.41, 5.74) is 5.11. The maximum atomic E-state index is 12.9. The van der Waals surface area contributed by atoms with Crippen LogP contribution in [0.5, 0.6) is 0 Å². The van der Waals surface area contributed by atoms with E-state index in [2.05, 4.69) is 10.6 Å². The molecular formula is C18H25ClN4O3. The molecule has 142 valence electrons. The zero-order valence-corrected chi connectivity index (χ0v) is 15.8. The van der Waals surface area contributed by atoms with E-state index in [9.17, 15) is 14.4 Å². The minimum Gasteiger partial charge on any atom is -0.341 e. The molecule has 0 radical (unpaired) electrons. The number of piperidine rings is 1. The van der Waals surface area contributed by atoms with E-state index in [4.69, 9.17) is 5.73 Å². The number of likely N-dealkylation sites (tertiary alicyclic amines) is 1. The molecule has 8 heteroatoms. The van der Waals surface area contributed by atoms with Crippen molar-refractivity contribution in [1.29, 1.82) is 0 Å². The van der Waals surface area contributed by atoms with E-state index in [1.54, 1.807) is 18.7 Å². The summed E-state index contributed by atoms with van der Waals surface area (Å²) >= 11 is 0. The second-order valence-electron chi connectivity index (χ2n) is 7.25. The van der Waals surface area contributed by atoms with E-state index in [0.29, 0.717) is 25.9 Å². The molecule has 7 nitrogen and oxygen atoms in total. The van der Waals surface area contributed by atoms with Crippen molar-refractivity contribution >= 4 is 30.3 Å². The molecule has 0 aliphatic carbocycles. The molecule has 2 heterocycles. The minimum absolute atomic E-state index is 0. The number of benzene rings is 1. The average Bonchev–Trinajstić information content (AvgIpc) is 2.88. The van der Waals surface area contributed by atoms with Crippen LogP contribution in [0.15, 0.2) is 30.3 Å². The Morgan fingerprint density at radius 1 is 1.23 bits per heavy atom. The summed E-state index contributed by atoms with van der Waals surface area (Å²) in [6.45, 7) is 4.50. The van der Waals surface area contributed by atoms with Crippen LogP contribution in [-0.2, 0) is 15.1 Å². The number of hydrogen-bond acceptors (Lipinski definition) is 4. The van der Waals surface area contributed by atoms with E-state index in [0.717, 1.165) is 5.56 Å². The van der Waals surface area contributed by atoms with Gasteiger partial charge in [0, 0.05) is 13.1 Å².